The molecule has 0 nitrogen and oxygen atoms in total. The van der Waals surface area contributed by atoms with E-state index in [2.05, 4.69) is 13.5 Å². The van der Waals surface area contributed by atoms with E-state index < -0.39 is 6.69 Å². The molecule has 0 saturated carbocycles. The Hall–Kier alpha value is 0.537. The van der Waals surface area contributed by atoms with Crippen LogP contribution in [0.15, 0.2) is 12.3 Å². The Balaban J connectivity index is 3.17. The zero-order chi connectivity index (χ0) is 10.9. The van der Waals surface area contributed by atoms with Gasteiger partial charge in [0.15, 0.2) is 0 Å². The highest BCUT2D eigenvalue weighted by atomic mass is 35.7. The van der Waals surface area contributed by atoms with Crippen LogP contribution >= 0.6 is 22.2 Å². The number of rotatable bonds is 9. The van der Waals surface area contributed by atoms with Crippen LogP contribution in [-0.4, -0.2) is 6.69 Å². The van der Waals surface area contributed by atoms with Crippen molar-refractivity contribution in [3.63, 3.8) is 0 Å². The molecule has 0 bridgehead atoms. The topological polar surface area (TPSA) is 0 Å². The summed E-state index contributed by atoms with van der Waals surface area (Å²) in [4.78, 5) is 0. The number of unbranched alkanes of at least 4 members (excludes halogenated alkanes) is 6. The third kappa shape index (κ3) is 9.11. The van der Waals surface area contributed by atoms with Gasteiger partial charge in [-0.25, -0.2) is 0 Å². The molecule has 0 aliphatic carbocycles. The minimum Gasteiger partial charge on any atom is -0.140 e. The monoisotopic (exact) mass is 252 g/mol. The van der Waals surface area contributed by atoms with Gasteiger partial charge in [-0.1, -0.05) is 57.6 Å². The summed E-state index contributed by atoms with van der Waals surface area (Å²) in [6.07, 6.45) is 9.19. The van der Waals surface area contributed by atoms with Crippen molar-refractivity contribution in [2.24, 2.45) is 0 Å². The summed E-state index contributed by atoms with van der Waals surface area (Å²) in [5.41, 5.74) is 1.76. The molecule has 0 fully saturated rings. The lowest BCUT2D eigenvalue weighted by atomic mass is 10.1. The zero-order valence-electron chi connectivity index (χ0n) is 9.20. The minimum absolute atomic E-state index is 0.966. The summed E-state index contributed by atoms with van der Waals surface area (Å²) >= 11 is 12.1. The first-order valence-electron chi connectivity index (χ1n) is 5.64. The quantitative estimate of drug-likeness (QED) is 0.294. The van der Waals surface area contributed by atoms with E-state index >= 15 is 0 Å². The van der Waals surface area contributed by atoms with Crippen LogP contribution in [-0.2, 0) is 0 Å². The molecule has 0 N–H and O–H groups in total. The predicted molar refractivity (Wildman–Crippen MR) is 70.5 cm³/mol. The maximum Gasteiger partial charge on any atom is 0.273 e. The Labute approximate surface area is 99.1 Å². The van der Waals surface area contributed by atoms with E-state index in [4.69, 9.17) is 22.2 Å². The molecule has 0 aromatic rings. The van der Waals surface area contributed by atoms with Gasteiger partial charge >= 0.3 is 0 Å². The van der Waals surface area contributed by atoms with Crippen molar-refractivity contribution in [3.05, 3.63) is 12.3 Å². The molecule has 0 aromatic carbocycles. The Morgan fingerprint density at radius 2 is 1.50 bits per heavy atom. The van der Waals surface area contributed by atoms with Crippen LogP contribution in [0.5, 0.6) is 0 Å². The first kappa shape index (κ1) is 14.5. The highest BCUT2D eigenvalue weighted by Gasteiger charge is 2.22. The van der Waals surface area contributed by atoms with E-state index in [0.717, 1.165) is 12.5 Å². The van der Waals surface area contributed by atoms with Gasteiger partial charge in [-0.15, -0.1) is 28.7 Å². The SMILES string of the molecule is C=C[Si](Cl)(Cl)CCCCCCCCC. The van der Waals surface area contributed by atoms with Gasteiger partial charge in [0.1, 0.15) is 0 Å². The molecule has 0 aliphatic heterocycles. The Morgan fingerprint density at radius 3 is 2.00 bits per heavy atom. The molecule has 0 radical (unpaired) electrons. The standard InChI is InChI=1S/C11H22Cl2Si/c1-3-5-6-7-8-9-10-11-14(12,13)4-2/h4H,2-3,5-11H2,1H3. The van der Waals surface area contributed by atoms with E-state index in [1.54, 1.807) is 5.70 Å². The van der Waals surface area contributed by atoms with Crippen LogP contribution in [0, 0.1) is 0 Å². The predicted octanol–water partition coefficient (Wildman–Crippen LogP) is 5.38. The summed E-state index contributed by atoms with van der Waals surface area (Å²) in [5, 5.41) is 0. The van der Waals surface area contributed by atoms with E-state index in [-0.39, 0.29) is 0 Å². The maximum atomic E-state index is 6.07. The fourth-order valence-corrected chi connectivity index (χ4v) is 3.15. The van der Waals surface area contributed by atoms with Crippen molar-refractivity contribution < 1.29 is 0 Å². The lowest BCUT2D eigenvalue weighted by molar-refractivity contribution is 0.601. The molecule has 84 valence electrons. The molecule has 0 aromatic heterocycles. The van der Waals surface area contributed by atoms with E-state index in [0.29, 0.717) is 0 Å². The second-order valence-electron chi connectivity index (χ2n) is 3.84. The summed E-state index contributed by atoms with van der Waals surface area (Å²) in [5.74, 6) is 0. The summed E-state index contributed by atoms with van der Waals surface area (Å²) in [7, 11) is 0. The molecule has 0 heterocycles. The van der Waals surface area contributed by atoms with Crippen molar-refractivity contribution >= 4 is 28.9 Å². The van der Waals surface area contributed by atoms with Gasteiger partial charge < -0.3 is 0 Å². The smallest absolute Gasteiger partial charge is 0.140 e. The molecule has 0 spiro atoms. The molecule has 0 aliphatic rings. The van der Waals surface area contributed by atoms with Gasteiger partial charge in [-0.05, 0) is 6.04 Å². The molecular weight excluding hydrogens is 231 g/mol. The molecule has 0 rings (SSSR count). The summed E-state index contributed by atoms with van der Waals surface area (Å²) in [6.45, 7) is 3.87. The zero-order valence-corrected chi connectivity index (χ0v) is 11.7. The highest BCUT2D eigenvalue weighted by molar-refractivity contribution is 7.47. The summed E-state index contributed by atoms with van der Waals surface area (Å²) in [6, 6.07) is 0.966. The van der Waals surface area contributed by atoms with Crippen molar-refractivity contribution in [3.8, 4) is 0 Å². The fraction of sp³-hybridized carbons (Fsp3) is 0.818. The number of halogens is 2. The molecule has 0 unspecified atom stereocenters. The van der Waals surface area contributed by atoms with Crippen LogP contribution in [0.25, 0.3) is 0 Å². The Morgan fingerprint density at radius 1 is 1.00 bits per heavy atom. The highest BCUT2D eigenvalue weighted by Crippen LogP contribution is 2.24. The van der Waals surface area contributed by atoms with Gasteiger partial charge in [-0.3, -0.25) is 0 Å². The van der Waals surface area contributed by atoms with Gasteiger partial charge in [0, 0.05) is 0 Å². The first-order chi connectivity index (χ1) is 6.62. The van der Waals surface area contributed by atoms with Gasteiger partial charge in [0.25, 0.3) is 6.69 Å². The number of hydrogen-bond donors (Lipinski definition) is 0. The molecule has 0 saturated heterocycles. The van der Waals surface area contributed by atoms with Crippen LogP contribution < -0.4 is 0 Å². The first-order valence-corrected chi connectivity index (χ1v) is 9.94. The largest absolute Gasteiger partial charge is 0.273 e. The average Bonchev–Trinajstić information content (AvgIpc) is 2.16. The lowest BCUT2D eigenvalue weighted by Crippen LogP contribution is -2.14. The second kappa shape index (κ2) is 8.81. The third-order valence-corrected chi connectivity index (χ3v) is 6.09. The van der Waals surface area contributed by atoms with Gasteiger partial charge in [0.05, 0.1) is 0 Å². The second-order valence-corrected chi connectivity index (χ2v) is 10.9. The molecule has 14 heavy (non-hydrogen) atoms. The lowest BCUT2D eigenvalue weighted by Gasteiger charge is -2.10. The van der Waals surface area contributed by atoms with Crippen molar-refractivity contribution in [2.45, 2.75) is 57.9 Å². The van der Waals surface area contributed by atoms with Crippen molar-refractivity contribution in [2.75, 3.05) is 0 Å². The molecule has 0 atom stereocenters. The van der Waals surface area contributed by atoms with E-state index in [1.807, 2.05) is 0 Å². The van der Waals surface area contributed by atoms with E-state index in [9.17, 15) is 0 Å². The normalized spacial score (nSPS) is 11.6. The van der Waals surface area contributed by atoms with Crippen LogP contribution in [0.2, 0.25) is 6.04 Å². The fourth-order valence-electron chi connectivity index (χ4n) is 1.42. The van der Waals surface area contributed by atoms with Crippen molar-refractivity contribution in [1.82, 2.24) is 0 Å². The van der Waals surface area contributed by atoms with Gasteiger partial charge in [0.2, 0.25) is 0 Å². The summed E-state index contributed by atoms with van der Waals surface area (Å²) < 4.78 is 0. The number of hydrogen-bond acceptors (Lipinski definition) is 0. The molecular formula is C11H22Cl2Si. The third-order valence-electron chi connectivity index (χ3n) is 2.41. The molecule has 0 amide bonds. The van der Waals surface area contributed by atoms with Crippen molar-refractivity contribution in [1.29, 1.82) is 0 Å². The average molecular weight is 253 g/mol. The minimum atomic E-state index is -2.04. The maximum absolute atomic E-state index is 6.07. The van der Waals surface area contributed by atoms with Crippen LogP contribution in [0.4, 0.5) is 0 Å². The Bertz CT molecular complexity index is 146. The Kier molecular flexibility index (Phi) is 9.15. The van der Waals surface area contributed by atoms with E-state index in [1.165, 1.54) is 38.5 Å². The van der Waals surface area contributed by atoms with Gasteiger partial charge in [-0.2, -0.15) is 0 Å². The molecule has 3 heteroatoms. The van der Waals surface area contributed by atoms with Crippen LogP contribution in [0.3, 0.4) is 0 Å². The van der Waals surface area contributed by atoms with Crippen LogP contribution in [0.1, 0.15) is 51.9 Å².